The van der Waals surface area contributed by atoms with Gasteiger partial charge in [-0.05, 0) is 56.0 Å². The molecule has 1 aliphatic carbocycles. The Morgan fingerprint density at radius 1 is 1.10 bits per heavy atom. The smallest absolute Gasteiger partial charge is 0.163 e. The Labute approximate surface area is 127 Å². The van der Waals surface area contributed by atoms with E-state index < -0.39 is 11.6 Å². The summed E-state index contributed by atoms with van der Waals surface area (Å²) in [4.78, 5) is 0. The molecule has 0 amide bonds. The van der Waals surface area contributed by atoms with E-state index in [-0.39, 0.29) is 6.04 Å². The van der Waals surface area contributed by atoms with Gasteiger partial charge < -0.3 is 5.32 Å². The molecule has 1 atom stereocenters. The standard InChI is InChI=1S/C18H27F2N/c1-18(2,3)13-10-8-12(9-11-13)17(21-4)14-6-5-7-15(19)16(14)20/h5-7,12-13,17,21H,8-11H2,1-4H3. The molecule has 1 fully saturated rings. The number of benzene rings is 1. The summed E-state index contributed by atoms with van der Waals surface area (Å²) in [6, 6.07) is 4.39. The minimum Gasteiger partial charge on any atom is -0.313 e. The highest BCUT2D eigenvalue weighted by molar-refractivity contribution is 5.23. The fraction of sp³-hybridized carbons (Fsp3) is 0.667. The second-order valence-electron chi connectivity index (χ2n) is 7.39. The lowest BCUT2D eigenvalue weighted by molar-refractivity contribution is 0.133. The maximum absolute atomic E-state index is 14.0. The van der Waals surface area contributed by atoms with Crippen molar-refractivity contribution in [3.05, 3.63) is 35.4 Å². The van der Waals surface area contributed by atoms with E-state index in [0.29, 0.717) is 16.9 Å². The van der Waals surface area contributed by atoms with Crippen molar-refractivity contribution in [2.45, 2.75) is 52.5 Å². The van der Waals surface area contributed by atoms with Crippen LogP contribution in [-0.4, -0.2) is 7.05 Å². The average Bonchev–Trinajstić information content (AvgIpc) is 2.44. The Bertz CT molecular complexity index is 471. The van der Waals surface area contributed by atoms with E-state index in [2.05, 4.69) is 26.1 Å². The Morgan fingerprint density at radius 2 is 1.71 bits per heavy atom. The quantitative estimate of drug-likeness (QED) is 0.820. The van der Waals surface area contributed by atoms with Crippen LogP contribution < -0.4 is 5.32 Å². The van der Waals surface area contributed by atoms with Gasteiger partial charge in [0.1, 0.15) is 0 Å². The Hall–Kier alpha value is -0.960. The van der Waals surface area contributed by atoms with E-state index in [0.717, 1.165) is 18.8 Å². The van der Waals surface area contributed by atoms with Gasteiger partial charge in [-0.25, -0.2) is 8.78 Å². The van der Waals surface area contributed by atoms with Crippen molar-refractivity contribution in [3.63, 3.8) is 0 Å². The van der Waals surface area contributed by atoms with Crippen LogP contribution in [-0.2, 0) is 0 Å². The van der Waals surface area contributed by atoms with Crippen molar-refractivity contribution < 1.29 is 8.78 Å². The highest BCUT2D eigenvalue weighted by atomic mass is 19.2. The second-order valence-corrected chi connectivity index (χ2v) is 7.39. The van der Waals surface area contributed by atoms with E-state index in [4.69, 9.17) is 0 Å². The molecule has 3 heteroatoms. The van der Waals surface area contributed by atoms with Crippen LogP contribution in [0.5, 0.6) is 0 Å². The molecule has 1 aromatic carbocycles. The predicted octanol–water partition coefficient (Wildman–Crippen LogP) is 5.08. The molecule has 21 heavy (non-hydrogen) atoms. The summed E-state index contributed by atoms with van der Waals surface area (Å²) in [5.74, 6) is -0.348. The van der Waals surface area contributed by atoms with E-state index in [1.807, 2.05) is 7.05 Å². The third-order valence-corrected chi connectivity index (χ3v) is 5.10. The Kier molecular flexibility index (Phi) is 5.03. The fourth-order valence-electron chi connectivity index (χ4n) is 3.72. The third kappa shape index (κ3) is 3.63. The van der Waals surface area contributed by atoms with Crippen molar-refractivity contribution in [2.75, 3.05) is 7.05 Å². The zero-order valence-corrected chi connectivity index (χ0v) is 13.5. The number of nitrogens with one attached hydrogen (secondary N) is 1. The van der Waals surface area contributed by atoms with Gasteiger partial charge in [0.15, 0.2) is 11.6 Å². The first-order valence-corrected chi connectivity index (χ1v) is 7.95. The van der Waals surface area contributed by atoms with Crippen LogP contribution in [0.25, 0.3) is 0 Å². The Morgan fingerprint density at radius 3 is 2.24 bits per heavy atom. The van der Waals surface area contributed by atoms with Crippen molar-refractivity contribution >= 4 is 0 Å². The van der Waals surface area contributed by atoms with Crippen LogP contribution in [0, 0.1) is 28.9 Å². The molecule has 0 spiro atoms. The second kappa shape index (κ2) is 6.43. The van der Waals surface area contributed by atoms with Crippen LogP contribution >= 0.6 is 0 Å². The lowest BCUT2D eigenvalue weighted by Gasteiger charge is -2.39. The van der Waals surface area contributed by atoms with Gasteiger partial charge in [0.25, 0.3) is 0 Å². The average molecular weight is 295 g/mol. The maximum atomic E-state index is 14.0. The van der Waals surface area contributed by atoms with Gasteiger partial charge in [-0.1, -0.05) is 32.9 Å². The van der Waals surface area contributed by atoms with Gasteiger partial charge >= 0.3 is 0 Å². The number of hydrogen-bond acceptors (Lipinski definition) is 1. The number of rotatable bonds is 3. The third-order valence-electron chi connectivity index (χ3n) is 5.10. The van der Waals surface area contributed by atoms with Crippen LogP contribution in [0.3, 0.4) is 0 Å². The minimum atomic E-state index is -0.754. The van der Waals surface area contributed by atoms with E-state index in [9.17, 15) is 8.78 Å². The number of hydrogen-bond donors (Lipinski definition) is 1. The molecule has 1 saturated carbocycles. The lowest BCUT2D eigenvalue weighted by atomic mass is 9.68. The van der Waals surface area contributed by atoms with Gasteiger partial charge in [-0.3, -0.25) is 0 Å². The molecule has 1 unspecified atom stereocenters. The molecule has 0 aromatic heterocycles. The van der Waals surface area contributed by atoms with E-state index in [1.54, 1.807) is 12.1 Å². The molecule has 0 saturated heterocycles. The van der Waals surface area contributed by atoms with Crippen molar-refractivity contribution in [3.8, 4) is 0 Å². The molecule has 1 nitrogen and oxygen atoms in total. The molecule has 0 bridgehead atoms. The van der Waals surface area contributed by atoms with Gasteiger partial charge in [0.05, 0.1) is 0 Å². The van der Waals surface area contributed by atoms with Gasteiger partial charge in [0.2, 0.25) is 0 Å². The van der Waals surface area contributed by atoms with Crippen molar-refractivity contribution in [1.82, 2.24) is 5.32 Å². The first kappa shape index (κ1) is 16.4. The lowest BCUT2D eigenvalue weighted by Crippen LogP contribution is -2.32. The largest absolute Gasteiger partial charge is 0.313 e. The molecule has 1 N–H and O–H groups in total. The monoisotopic (exact) mass is 295 g/mol. The molecule has 1 aromatic rings. The van der Waals surface area contributed by atoms with E-state index in [1.165, 1.54) is 18.9 Å². The Balaban J connectivity index is 2.12. The summed E-state index contributed by atoms with van der Waals surface area (Å²) in [7, 11) is 1.84. The number of halogens is 2. The minimum absolute atomic E-state index is 0.0957. The maximum Gasteiger partial charge on any atom is 0.163 e. The van der Waals surface area contributed by atoms with Crippen LogP contribution in [0.4, 0.5) is 8.78 Å². The summed E-state index contributed by atoms with van der Waals surface area (Å²) in [6.07, 6.45) is 4.49. The van der Waals surface area contributed by atoms with Crippen molar-refractivity contribution in [1.29, 1.82) is 0 Å². The summed E-state index contributed by atoms with van der Waals surface area (Å²) in [5.41, 5.74) is 0.807. The van der Waals surface area contributed by atoms with E-state index >= 15 is 0 Å². The SMILES string of the molecule is CNC(c1cccc(F)c1F)C1CCC(C(C)(C)C)CC1. The summed E-state index contributed by atoms with van der Waals surface area (Å²) >= 11 is 0. The highest BCUT2D eigenvalue weighted by Crippen LogP contribution is 2.43. The first-order chi connectivity index (χ1) is 9.84. The molecule has 0 heterocycles. The van der Waals surface area contributed by atoms with Crippen LogP contribution in [0.1, 0.15) is 58.1 Å². The summed E-state index contributed by atoms with van der Waals surface area (Å²) in [6.45, 7) is 6.87. The fourth-order valence-corrected chi connectivity index (χ4v) is 3.72. The van der Waals surface area contributed by atoms with Crippen LogP contribution in [0.15, 0.2) is 18.2 Å². The summed E-state index contributed by atoms with van der Waals surface area (Å²) in [5, 5.41) is 3.20. The van der Waals surface area contributed by atoms with Crippen molar-refractivity contribution in [2.24, 2.45) is 17.3 Å². The molecular weight excluding hydrogens is 268 g/mol. The van der Waals surface area contributed by atoms with Gasteiger partial charge in [-0.15, -0.1) is 0 Å². The first-order valence-electron chi connectivity index (χ1n) is 7.95. The van der Waals surface area contributed by atoms with Gasteiger partial charge in [0, 0.05) is 11.6 Å². The van der Waals surface area contributed by atoms with Crippen LogP contribution in [0.2, 0.25) is 0 Å². The molecular formula is C18H27F2N. The molecule has 118 valence electrons. The zero-order chi connectivity index (χ0) is 15.6. The molecule has 1 aliphatic rings. The molecule has 0 radical (unpaired) electrons. The normalized spacial score (nSPS) is 24.9. The molecule has 2 rings (SSSR count). The molecule has 0 aliphatic heterocycles. The zero-order valence-electron chi connectivity index (χ0n) is 13.5. The predicted molar refractivity (Wildman–Crippen MR) is 83.1 cm³/mol. The highest BCUT2D eigenvalue weighted by Gasteiger charge is 2.33. The topological polar surface area (TPSA) is 12.0 Å². The van der Waals surface area contributed by atoms with Gasteiger partial charge in [-0.2, -0.15) is 0 Å². The summed E-state index contributed by atoms with van der Waals surface area (Å²) < 4.78 is 27.5.